The van der Waals surface area contributed by atoms with Gasteiger partial charge >= 0.3 is 0 Å². The Morgan fingerprint density at radius 2 is 2.21 bits per heavy atom. The average molecular weight is 218 g/mol. The first-order valence-electron chi connectivity index (χ1n) is 4.39. The van der Waals surface area contributed by atoms with Gasteiger partial charge in [-0.15, -0.1) is 0 Å². The second-order valence-electron chi connectivity index (χ2n) is 3.21. The maximum Gasteiger partial charge on any atom is 0.146 e. The van der Waals surface area contributed by atoms with Crippen LogP contribution in [0.2, 0.25) is 5.02 Å². The Kier molecular flexibility index (Phi) is 3.86. The first-order valence-corrected chi connectivity index (χ1v) is 4.76. The molecule has 0 aliphatic rings. The maximum absolute atomic E-state index is 13.5. The van der Waals surface area contributed by atoms with Crippen molar-refractivity contribution in [3.8, 4) is 0 Å². The molecule has 0 aromatic heterocycles. The van der Waals surface area contributed by atoms with Crippen molar-refractivity contribution in [1.82, 2.24) is 0 Å². The highest BCUT2D eigenvalue weighted by Crippen LogP contribution is 2.26. The van der Waals surface area contributed by atoms with E-state index < -0.39 is 11.9 Å². The Hall–Kier alpha value is -0.640. The van der Waals surface area contributed by atoms with Gasteiger partial charge in [-0.05, 0) is 25.0 Å². The van der Waals surface area contributed by atoms with Gasteiger partial charge in [0.1, 0.15) is 5.82 Å². The highest BCUT2D eigenvalue weighted by Gasteiger charge is 2.16. The van der Waals surface area contributed by atoms with Crippen LogP contribution in [-0.2, 0) is 0 Å². The van der Waals surface area contributed by atoms with Crippen molar-refractivity contribution in [2.75, 3.05) is 6.61 Å². The van der Waals surface area contributed by atoms with E-state index in [1.807, 2.05) is 0 Å². The molecular weight excluding hydrogens is 205 g/mol. The van der Waals surface area contributed by atoms with Crippen molar-refractivity contribution in [1.29, 1.82) is 0 Å². The molecule has 0 heterocycles. The number of hydrogen-bond acceptors (Lipinski definition) is 2. The second-order valence-corrected chi connectivity index (χ2v) is 3.62. The maximum atomic E-state index is 13.5. The van der Waals surface area contributed by atoms with Crippen molar-refractivity contribution in [2.24, 2.45) is 5.73 Å². The van der Waals surface area contributed by atoms with Crippen LogP contribution in [0.5, 0.6) is 0 Å². The van der Waals surface area contributed by atoms with Crippen LogP contribution in [0.3, 0.4) is 0 Å². The Morgan fingerprint density at radius 1 is 1.57 bits per heavy atom. The van der Waals surface area contributed by atoms with Crippen LogP contribution in [-0.4, -0.2) is 11.7 Å². The van der Waals surface area contributed by atoms with Gasteiger partial charge < -0.3 is 10.8 Å². The fourth-order valence-electron chi connectivity index (χ4n) is 1.40. The molecule has 14 heavy (non-hydrogen) atoms. The highest BCUT2D eigenvalue weighted by atomic mass is 35.5. The number of rotatable bonds is 3. The number of aliphatic hydroxyl groups excluding tert-OH is 1. The third-order valence-electron chi connectivity index (χ3n) is 2.16. The van der Waals surface area contributed by atoms with Crippen LogP contribution in [0.1, 0.15) is 23.6 Å². The van der Waals surface area contributed by atoms with Crippen LogP contribution in [0.15, 0.2) is 12.1 Å². The van der Waals surface area contributed by atoms with Crippen molar-refractivity contribution in [3.05, 3.63) is 34.1 Å². The van der Waals surface area contributed by atoms with Crippen molar-refractivity contribution >= 4 is 11.6 Å². The third kappa shape index (κ3) is 2.23. The van der Waals surface area contributed by atoms with Gasteiger partial charge in [-0.3, -0.25) is 0 Å². The highest BCUT2D eigenvalue weighted by molar-refractivity contribution is 6.30. The minimum absolute atomic E-state index is 0.0629. The molecule has 0 amide bonds. The number of benzene rings is 1. The van der Waals surface area contributed by atoms with Gasteiger partial charge in [0, 0.05) is 18.2 Å². The summed E-state index contributed by atoms with van der Waals surface area (Å²) in [5, 5.41) is 8.78. The van der Waals surface area contributed by atoms with Crippen LogP contribution in [0.25, 0.3) is 0 Å². The molecule has 1 aromatic rings. The lowest BCUT2D eigenvalue weighted by molar-refractivity contribution is 0.275. The molecular formula is C10H13ClFNO. The van der Waals surface area contributed by atoms with Crippen molar-refractivity contribution < 1.29 is 9.50 Å². The van der Waals surface area contributed by atoms with E-state index in [4.69, 9.17) is 22.4 Å². The summed E-state index contributed by atoms with van der Waals surface area (Å²) in [6.07, 6.45) is 0.331. The zero-order valence-corrected chi connectivity index (χ0v) is 8.68. The quantitative estimate of drug-likeness (QED) is 0.815. The Labute approximate surface area is 87.5 Å². The van der Waals surface area contributed by atoms with Gasteiger partial charge in [0.15, 0.2) is 0 Å². The predicted molar refractivity (Wildman–Crippen MR) is 54.8 cm³/mol. The minimum atomic E-state index is -0.501. The van der Waals surface area contributed by atoms with Crippen LogP contribution < -0.4 is 5.73 Å². The topological polar surface area (TPSA) is 46.2 Å². The SMILES string of the molecule is Cc1ccc(Cl)c(F)c1C(N)CCO. The number of hydrogen-bond donors (Lipinski definition) is 2. The summed E-state index contributed by atoms with van der Waals surface area (Å²) < 4.78 is 13.5. The molecule has 0 spiro atoms. The third-order valence-corrected chi connectivity index (χ3v) is 2.45. The molecule has 0 saturated heterocycles. The van der Waals surface area contributed by atoms with E-state index in [0.29, 0.717) is 12.0 Å². The molecule has 0 bridgehead atoms. The molecule has 0 fully saturated rings. The largest absolute Gasteiger partial charge is 0.396 e. The Balaban J connectivity index is 3.11. The lowest BCUT2D eigenvalue weighted by atomic mass is 9.99. The fourth-order valence-corrected chi connectivity index (χ4v) is 1.57. The molecule has 4 heteroatoms. The first kappa shape index (κ1) is 11.4. The summed E-state index contributed by atoms with van der Waals surface area (Å²) in [5.74, 6) is -0.479. The summed E-state index contributed by atoms with van der Waals surface area (Å²) in [5.41, 5.74) is 6.87. The van der Waals surface area contributed by atoms with Crippen LogP contribution in [0.4, 0.5) is 4.39 Å². The summed E-state index contributed by atoms with van der Waals surface area (Å²) >= 11 is 5.64. The summed E-state index contributed by atoms with van der Waals surface area (Å²) in [6.45, 7) is 1.71. The molecule has 0 aliphatic heterocycles. The predicted octanol–water partition coefficient (Wildman–Crippen LogP) is 2.17. The Morgan fingerprint density at radius 3 is 2.79 bits per heavy atom. The van der Waals surface area contributed by atoms with Gasteiger partial charge in [0.25, 0.3) is 0 Å². The smallest absolute Gasteiger partial charge is 0.146 e. The second kappa shape index (κ2) is 4.73. The van der Waals surface area contributed by atoms with E-state index in [1.165, 1.54) is 6.07 Å². The standard InChI is InChI=1S/C10H13ClFNO/c1-6-2-3-7(11)10(12)9(6)8(13)4-5-14/h2-3,8,14H,4-5,13H2,1H3. The number of aryl methyl sites for hydroxylation is 1. The fraction of sp³-hybridized carbons (Fsp3) is 0.400. The zero-order chi connectivity index (χ0) is 10.7. The van der Waals surface area contributed by atoms with Crippen LogP contribution in [0, 0.1) is 12.7 Å². The zero-order valence-electron chi connectivity index (χ0n) is 7.93. The van der Waals surface area contributed by atoms with Crippen molar-refractivity contribution in [2.45, 2.75) is 19.4 Å². The number of halogens is 2. The van der Waals surface area contributed by atoms with Gasteiger partial charge in [-0.1, -0.05) is 17.7 Å². The van der Waals surface area contributed by atoms with E-state index in [-0.39, 0.29) is 11.6 Å². The molecule has 78 valence electrons. The van der Waals surface area contributed by atoms with Crippen molar-refractivity contribution in [3.63, 3.8) is 0 Å². The molecule has 1 aromatic carbocycles. The van der Waals surface area contributed by atoms with E-state index >= 15 is 0 Å². The molecule has 0 radical (unpaired) electrons. The lowest BCUT2D eigenvalue weighted by Gasteiger charge is -2.15. The van der Waals surface area contributed by atoms with E-state index in [1.54, 1.807) is 13.0 Å². The van der Waals surface area contributed by atoms with Gasteiger partial charge in [0.05, 0.1) is 5.02 Å². The number of nitrogens with two attached hydrogens (primary N) is 1. The molecule has 0 saturated carbocycles. The first-order chi connectivity index (χ1) is 6.57. The minimum Gasteiger partial charge on any atom is -0.396 e. The average Bonchev–Trinajstić information content (AvgIpc) is 2.13. The molecule has 2 nitrogen and oxygen atoms in total. The lowest BCUT2D eigenvalue weighted by Crippen LogP contribution is -2.15. The summed E-state index contributed by atoms with van der Waals surface area (Å²) in [6, 6.07) is 2.72. The Bertz CT molecular complexity index is 330. The van der Waals surface area contributed by atoms with E-state index in [2.05, 4.69) is 0 Å². The number of aliphatic hydroxyl groups is 1. The van der Waals surface area contributed by atoms with Gasteiger partial charge in [-0.25, -0.2) is 4.39 Å². The van der Waals surface area contributed by atoms with E-state index in [0.717, 1.165) is 5.56 Å². The molecule has 1 atom stereocenters. The molecule has 3 N–H and O–H groups in total. The van der Waals surface area contributed by atoms with Gasteiger partial charge in [-0.2, -0.15) is 0 Å². The summed E-state index contributed by atoms with van der Waals surface area (Å²) in [4.78, 5) is 0. The monoisotopic (exact) mass is 217 g/mol. The molecule has 1 unspecified atom stereocenters. The molecule has 0 aliphatic carbocycles. The van der Waals surface area contributed by atoms with Gasteiger partial charge in [0.2, 0.25) is 0 Å². The summed E-state index contributed by atoms with van der Waals surface area (Å²) in [7, 11) is 0. The van der Waals surface area contributed by atoms with Crippen LogP contribution >= 0.6 is 11.6 Å². The molecule has 1 rings (SSSR count). The normalized spacial score (nSPS) is 12.9. The van der Waals surface area contributed by atoms with E-state index in [9.17, 15) is 4.39 Å².